The van der Waals surface area contributed by atoms with E-state index in [4.69, 9.17) is 23.8 Å². The van der Waals surface area contributed by atoms with Gasteiger partial charge in [0.25, 0.3) is 0 Å². The lowest BCUT2D eigenvalue weighted by Gasteiger charge is -2.14. The van der Waals surface area contributed by atoms with E-state index in [1.165, 1.54) is 11.1 Å². The van der Waals surface area contributed by atoms with E-state index in [0.29, 0.717) is 10.1 Å². The van der Waals surface area contributed by atoms with Crippen LogP contribution in [0.2, 0.25) is 5.02 Å². The Hall–Kier alpha value is -1.58. The summed E-state index contributed by atoms with van der Waals surface area (Å²) in [7, 11) is 0. The zero-order valence-electron chi connectivity index (χ0n) is 10.8. The second-order valence-electron chi connectivity index (χ2n) is 4.31. The molecule has 2 N–H and O–H groups in total. The van der Waals surface area contributed by atoms with Gasteiger partial charge in [-0.1, -0.05) is 35.9 Å². The number of hydrogen-bond acceptors (Lipinski definition) is 1. The van der Waals surface area contributed by atoms with Crippen molar-refractivity contribution in [1.82, 2.24) is 0 Å². The van der Waals surface area contributed by atoms with Crippen molar-refractivity contribution in [3.63, 3.8) is 0 Å². The summed E-state index contributed by atoms with van der Waals surface area (Å²) in [6.07, 6.45) is 0. The van der Waals surface area contributed by atoms with Crippen LogP contribution in [-0.2, 0) is 0 Å². The molecular formula is C15H15ClN2S. The van der Waals surface area contributed by atoms with Gasteiger partial charge in [-0.15, -0.1) is 0 Å². The molecule has 98 valence electrons. The van der Waals surface area contributed by atoms with Crippen LogP contribution in [0.4, 0.5) is 11.4 Å². The number of anilines is 2. The van der Waals surface area contributed by atoms with Gasteiger partial charge in [-0.05, 0) is 55.4 Å². The van der Waals surface area contributed by atoms with Crippen molar-refractivity contribution in [3.8, 4) is 0 Å². The highest BCUT2D eigenvalue weighted by Crippen LogP contribution is 2.22. The molecule has 0 heterocycles. The molecule has 0 unspecified atom stereocenters. The van der Waals surface area contributed by atoms with E-state index in [-0.39, 0.29) is 0 Å². The molecule has 19 heavy (non-hydrogen) atoms. The van der Waals surface area contributed by atoms with Gasteiger partial charge in [0, 0.05) is 5.69 Å². The Balaban J connectivity index is 2.10. The molecule has 0 aromatic heterocycles. The molecular weight excluding hydrogens is 276 g/mol. The lowest BCUT2D eigenvalue weighted by atomic mass is 10.1. The van der Waals surface area contributed by atoms with E-state index in [0.717, 1.165) is 11.4 Å². The number of halogens is 1. The van der Waals surface area contributed by atoms with E-state index in [1.54, 1.807) is 0 Å². The van der Waals surface area contributed by atoms with Crippen molar-refractivity contribution >= 4 is 40.3 Å². The van der Waals surface area contributed by atoms with E-state index < -0.39 is 0 Å². The Labute approximate surface area is 123 Å². The van der Waals surface area contributed by atoms with Gasteiger partial charge in [-0.25, -0.2) is 0 Å². The van der Waals surface area contributed by atoms with Crippen LogP contribution in [0, 0.1) is 13.8 Å². The number of hydrogen-bond donors (Lipinski definition) is 2. The molecule has 0 aliphatic heterocycles. The van der Waals surface area contributed by atoms with Crippen LogP contribution in [0.15, 0.2) is 42.5 Å². The molecule has 0 atom stereocenters. The van der Waals surface area contributed by atoms with E-state index in [1.807, 2.05) is 36.4 Å². The maximum absolute atomic E-state index is 6.08. The van der Waals surface area contributed by atoms with Gasteiger partial charge < -0.3 is 10.6 Å². The van der Waals surface area contributed by atoms with Crippen LogP contribution in [0.25, 0.3) is 0 Å². The molecule has 0 bridgehead atoms. The lowest BCUT2D eigenvalue weighted by molar-refractivity contribution is 1.34. The number of benzene rings is 2. The molecule has 0 saturated carbocycles. The third kappa shape index (κ3) is 3.46. The van der Waals surface area contributed by atoms with Crippen LogP contribution in [0.5, 0.6) is 0 Å². The number of aryl methyl sites for hydroxylation is 1. The van der Waals surface area contributed by atoms with Crippen molar-refractivity contribution in [1.29, 1.82) is 0 Å². The van der Waals surface area contributed by atoms with Gasteiger partial charge in [0.2, 0.25) is 0 Å². The molecule has 2 aromatic carbocycles. The predicted octanol–water partition coefficient (Wildman–Crippen LogP) is 4.77. The Kier molecular flexibility index (Phi) is 4.40. The summed E-state index contributed by atoms with van der Waals surface area (Å²) in [5.41, 5.74) is 4.22. The normalized spacial score (nSPS) is 10.1. The molecule has 0 saturated heterocycles. The second kappa shape index (κ2) is 6.04. The maximum atomic E-state index is 6.08. The van der Waals surface area contributed by atoms with Crippen molar-refractivity contribution in [3.05, 3.63) is 58.6 Å². The topological polar surface area (TPSA) is 24.1 Å². The molecule has 0 radical (unpaired) electrons. The highest BCUT2D eigenvalue weighted by Gasteiger charge is 2.04. The molecule has 0 spiro atoms. The monoisotopic (exact) mass is 290 g/mol. The fourth-order valence-electron chi connectivity index (χ4n) is 1.72. The average molecular weight is 291 g/mol. The summed E-state index contributed by atoms with van der Waals surface area (Å²) in [5, 5.41) is 7.46. The summed E-state index contributed by atoms with van der Waals surface area (Å²) >= 11 is 11.4. The first-order valence-electron chi connectivity index (χ1n) is 5.96. The maximum Gasteiger partial charge on any atom is 0.175 e. The third-order valence-electron chi connectivity index (χ3n) is 2.97. The summed E-state index contributed by atoms with van der Waals surface area (Å²) < 4.78 is 0. The zero-order valence-corrected chi connectivity index (χ0v) is 12.4. The van der Waals surface area contributed by atoms with Crippen molar-refractivity contribution < 1.29 is 0 Å². The van der Waals surface area contributed by atoms with Gasteiger partial charge in [-0.3, -0.25) is 0 Å². The fourth-order valence-corrected chi connectivity index (χ4v) is 2.13. The zero-order chi connectivity index (χ0) is 13.8. The summed E-state index contributed by atoms with van der Waals surface area (Å²) in [4.78, 5) is 0. The molecule has 2 nitrogen and oxygen atoms in total. The van der Waals surface area contributed by atoms with Crippen molar-refractivity contribution in [2.24, 2.45) is 0 Å². The van der Waals surface area contributed by atoms with Gasteiger partial charge in [0.1, 0.15) is 0 Å². The summed E-state index contributed by atoms with van der Waals surface area (Å²) in [5.74, 6) is 0. The van der Waals surface area contributed by atoms with Crippen LogP contribution in [-0.4, -0.2) is 5.11 Å². The van der Waals surface area contributed by atoms with Crippen LogP contribution >= 0.6 is 23.8 Å². The lowest BCUT2D eigenvalue weighted by Crippen LogP contribution is -2.19. The minimum absolute atomic E-state index is 0.529. The first kappa shape index (κ1) is 13.8. The van der Waals surface area contributed by atoms with Crippen molar-refractivity contribution in [2.75, 3.05) is 10.6 Å². The minimum Gasteiger partial charge on any atom is -0.332 e. The molecule has 0 aliphatic carbocycles. The smallest absolute Gasteiger partial charge is 0.175 e. The molecule has 0 amide bonds. The molecule has 0 aliphatic rings. The van der Waals surface area contributed by atoms with Crippen molar-refractivity contribution in [2.45, 2.75) is 13.8 Å². The largest absolute Gasteiger partial charge is 0.332 e. The number of nitrogens with one attached hydrogen (secondary N) is 2. The second-order valence-corrected chi connectivity index (χ2v) is 5.12. The molecule has 4 heteroatoms. The van der Waals surface area contributed by atoms with Gasteiger partial charge >= 0.3 is 0 Å². The Morgan fingerprint density at radius 2 is 1.58 bits per heavy atom. The molecule has 2 aromatic rings. The minimum atomic E-state index is 0.529. The average Bonchev–Trinajstić information content (AvgIpc) is 2.38. The number of rotatable bonds is 2. The van der Waals surface area contributed by atoms with E-state index in [9.17, 15) is 0 Å². The third-order valence-corrected chi connectivity index (χ3v) is 3.51. The van der Waals surface area contributed by atoms with Gasteiger partial charge in [-0.2, -0.15) is 0 Å². The van der Waals surface area contributed by atoms with E-state index >= 15 is 0 Å². The molecule has 2 rings (SSSR count). The highest BCUT2D eigenvalue weighted by atomic mass is 35.5. The summed E-state index contributed by atoms with van der Waals surface area (Å²) in [6.45, 7) is 4.14. The Morgan fingerprint density at radius 3 is 2.32 bits per heavy atom. The summed E-state index contributed by atoms with van der Waals surface area (Å²) in [6, 6.07) is 13.6. The number of thiocarbonyl (C=S) groups is 1. The van der Waals surface area contributed by atoms with Gasteiger partial charge in [0.15, 0.2) is 5.11 Å². The first-order chi connectivity index (χ1) is 9.08. The van der Waals surface area contributed by atoms with Gasteiger partial charge in [0.05, 0.1) is 10.7 Å². The van der Waals surface area contributed by atoms with Crippen LogP contribution in [0.3, 0.4) is 0 Å². The fraction of sp³-hybridized carbons (Fsp3) is 0.133. The molecule has 0 fully saturated rings. The Bertz CT molecular complexity index is 611. The first-order valence-corrected chi connectivity index (χ1v) is 6.75. The standard InChI is InChI=1S/C15H15ClN2S/c1-10-6-5-9-13(11(10)2)17-15(19)18-14-8-4-3-7-12(14)16/h3-9H,1-2H3,(H2,17,18,19). The number of para-hydroxylation sites is 1. The predicted molar refractivity (Wildman–Crippen MR) is 87.2 cm³/mol. The van der Waals surface area contributed by atoms with E-state index in [2.05, 4.69) is 30.5 Å². The van der Waals surface area contributed by atoms with Crippen LogP contribution < -0.4 is 10.6 Å². The quantitative estimate of drug-likeness (QED) is 0.779. The van der Waals surface area contributed by atoms with Crippen LogP contribution in [0.1, 0.15) is 11.1 Å². The SMILES string of the molecule is Cc1cccc(NC(=S)Nc2ccccc2Cl)c1C. The highest BCUT2D eigenvalue weighted by molar-refractivity contribution is 7.80. The Morgan fingerprint density at radius 1 is 0.947 bits per heavy atom.